The molecule has 7 atom stereocenters. The molecule has 0 unspecified atom stereocenters. The monoisotopic (exact) mass is 893 g/mol. The minimum Gasteiger partial charge on any atom is -0.480 e. The van der Waals surface area contributed by atoms with E-state index in [9.17, 15) is 43.5 Å². The first-order chi connectivity index (χ1) is 29.5. The Bertz CT molecular complexity index is 1730. The van der Waals surface area contributed by atoms with E-state index in [2.05, 4.69) is 57.2 Å². The fraction of sp³-hybridized carbons (Fsp3) is 0.658. The van der Waals surface area contributed by atoms with Gasteiger partial charge in [0.15, 0.2) is 11.9 Å². The van der Waals surface area contributed by atoms with Crippen molar-refractivity contribution in [1.29, 1.82) is 0 Å². The number of hydrogen-bond acceptors (Lipinski definition) is 12. The summed E-state index contributed by atoms with van der Waals surface area (Å²) in [6, 6.07) is -8.66. The molecule has 0 saturated carbocycles. The van der Waals surface area contributed by atoms with Crippen molar-refractivity contribution in [3.63, 3.8) is 0 Å². The zero-order valence-electron chi connectivity index (χ0n) is 36.9. The van der Waals surface area contributed by atoms with Gasteiger partial charge in [0.25, 0.3) is 0 Å². The predicted molar refractivity (Wildman–Crippen MR) is 233 cm³/mol. The van der Waals surface area contributed by atoms with E-state index in [1.165, 1.54) is 26.4 Å². The lowest BCUT2D eigenvalue weighted by atomic mass is 9.99. The number of amides is 7. The fourth-order valence-electron chi connectivity index (χ4n) is 5.90. The van der Waals surface area contributed by atoms with Crippen LogP contribution in [-0.2, 0) is 44.8 Å². The number of aliphatic imine (C=N–C) groups is 2. The van der Waals surface area contributed by atoms with E-state index in [-0.39, 0.29) is 88.3 Å². The summed E-state index contributed by atoms with van der Waals surface area (Å²) >= 11 is 0. The number of aromatic nitrogens is 2. The molecule has 354 valence electrons. The third-order valence-electron chi connectivity index (χ3n) is 9.13. The zero-order valence-corrected chi connectivity index (χ0v) is 36.9. The highest BCUT2D eigenvalue weighted by Crippen LogP contribution is 2.11. The van der Waals surface area contributed by atoms with Crippen molar-refractivity contribution in [3.8, 4) is 0 Å². The standard InChI is InChI=1S/C38H68N16O9/c1-19(2)13-26(50-29(55)16-39)33(59)53-27(14-20(3)4)34(60)52-25(10-8-12-46-38(42)43)32(58)54-28(15-23-17-44-18-47-23)35(61)51-24(9-7-11-45-37(40)41)31(57)48-21(5)30(56)49-22(6)36(62)63/h17-22,24-28H,7-16,39H2,1-6H3,(H,44,47)(H,48,57)(H,49,56)(H,50,55)(H,51,61)(H,52,60)(H,53,59)(H,54,58)(H,62,63)(H4,40,41,45)(H4,42,43,46)/t21-,22-,24-,25-,26-,27-,28-/m0/s1. The van der Waals surface area contributed by atoms with E-state index in [1.54, 1.807) is 0 Å². The van der Waals surface area contributed by atoms with Crippen molar-refractivity contribution >= 4 is 59.2 Å². The van der Waals surface area contributed by atoms with Crippen LogP contribution in [0.5, 0.6) is 0 Å². The quantitative estimate of drug-likeness (QED) is 0.0205. The molecule has 1 aromatic rings. The van der Waals surface area contributed by atoms with Gasteiger partial charge in [0.05, 0.1) is 12.9 Å². The number of carboxylic acid groups (broad SMARTS) is 1. The zero-order chi connectivity index (χ0) is 47.8. The van der Waals surface area contributed by atoms with Gasteiger partial charge in [-0.25, -0.2) is 4.98 Å². The number of H-pyrrole nitrogens is 1. The number of guanidine groups is 2. The predicted octanol–water partition coefficient (Wildman–Crippen LogP) is -4.37. The lowest BCUT2D eigenvalue weighted by molar-refractivity contribution is -0.141. The highest BCUT2D eigenvalue weighted by molar-refractivity contribution is 5.97. The Labute approximate surface area is 366 Å². The Morgan fingerprint density at radius 1 is 0.603 bits per heavy atom. The number of nitrogens with one attached hydrogen (secondary N) is 8. The maximum atomic E-state index is 14.2. The molecule has 0 radical (unpaired) electrons. The van der Waals surface area contributed by atoms with Crippen LogP contribution in [0.15, 0.2) is 22.5 Å². The van der Waals surface area contributed by atoms with Gasteiger partial charge >= 0.3 is 5.97 Å². The van der Waals surface area contributed by atoms with Crippen molar-refractivity contribution in [2.24, 2.45) is 50.5 Å². The van der Waals surface area contributed by atoms with Crippen molar-refractivity contribution in [2.75, 3.05) is 19.6 Å². The summed E-state index contributed by atoms with van der Waals surface area (Å²) in [6.45, 7) is 9.74. The summed E-state index contributed by atoms with van der Waals surface area (Å²) < 4.78 is 0. The molecule has 1 aromatic heterocycles. The number of carboxylic acids is 1. The van der Waals surface area contributed by atoms with E-state index >= 15 is 0 Å². The molecule has 0 aliphatic carbocycles. The molecule has 0 aliphatic rings. The van der Waals surface area contributed by atoms with Gasteiger partial charge in [-0.2, -0.15) is 0 Å². The number of aliphatic carboxylic acids is 1. The molecule has 0 fully saturated rings. The van der Waals surface area contributed by atoms with Gasteiger partial charge in [-0.3, -0.25) is 48.3 Å². The topological polar surface area (TPSA) is 424 Å². The number of nitrogens with two attached hydrogens (primary N) is 5. The smallest absolute Gasteiger partial charge is 0.325 e. The Balaban J connectivity index is 3.52. The molecule has 0 bridgehead atoms. The average molecular weight is 893 g/mol. The van der Waals surface area contributed by atoms with Crippen molar-refractivity contribution in [3.05, 3.63) is 18.2 Å². The van der Waals surface area contributed by atoms with E-state index < -0.39 is 89.6 Å². The van der Waals surface area contributed by atoms with Crippen LogP contribution in [0, 0.1) is 11.8 Å². The minimum atomic E-state index is -1.39. The number of nitrogens with zero attached hydrogens (tertiary/aromatic N) is 3. The molecular formula is C38H68N16O9. The summed E-state index contributed by atoms with van der Waals surface area (Å²) in [5.41, 5.74) is 27.7. The highest BCUT2D eigenvalue weighted by atomic mass is 16.4. The summed E-state index contributed by atoms with van der Waals surface area (Å²) in [7, 11) is 0. The average Bonchev–Trinajstić information content (AvgIpc) is 3.71. The Morgan fingerprint density at radius 2 is 1.02 bits per heavy atom. The third kappa shape index (κ3) is 22.2. The number of aromatic amines is 1. The molecule has 25 nitrogen and oxygen atoms in total. The molecule has 0 aliphatic heterocycles. The number of hydrogen-bond donors (Lipinski definition) is 14. The molecule has 1 rings (SSSR count). The second-order valence-electron chi connectivity index (χ2n) is 15.8. The maximum absolute atomic E-state index is 14.2. The van der Waals surface area contributed by atoms with Crippen molar-refractivity contribution < 1.29 is 43.5 Å². The van der Waals surface area contributed by atoms with Crippen LogP contribution in [0.1, 0.15) is 85.8 Å². The van der Waals surface area contributed by atoms with Crippen LogP contribution in [0.4, 0.5) is 0 Å². The Morgan fingerprint density at radius 3 is 1.44 bits per heavy atom. The number of carbonyl (C=O) groups is 8. The second-order valence-corrected chi connectivity index (χ2v) is 15.8. The lowest BCUT2D eigenvalue weighted by Crippen LogP contribution is -2.60. The molecule has 63 heavy (non-hydrogen) atoms. The van der Waals surface area contributed by atoms with Gasteiger partial charge < -0.3 is 76.0 Å². The molecule has 0 aromatic carbocycles. The lowest BCUT2D eigenvalue weighted by Gasteiger charge is -2.28. The van der Waals surface area contributed by atoms with Crippen LogP contribution in [0.2, 0.25) is 0 Å². The molecule has 7 amide bonds. The molecule has 0 spiro atoms. The van der Waals surface area contributed by atoms with Gasteiger partial charge in [0, 0.05) is 31.4 Å². The molecule has 0 saturated heterocycles. The SMILES string of the molecule is CC(C)C[C@H](NC(=O)CN)C(=O)N[C@@H](CC(C)C)C(=O)N[C@@H](CCCN=C(N)N)C(=O)N[C@@H](Cc1cnc[nH]1)C(=O)N[C@@H](CCCN=C(N)N)C(=O)N[C@@H](C)C(=O)N[C@@H](C)C(=O)O. The number of rotatable bonds is 29. The van der Waals surface area contributed by atoms with Crippen molar-refractivity contribution in [2.45, 2.75) is 129 Å². The molecular weight excluding hydrogens is 825 g/mol. The summed E-state index contributed by atoms with van der Waals surface area (Å²) in [5, 5.41) is 27.2. The van der Waals surface area contributed by atoms with Gasteiger partial charge in [-0.1, -0.05) is 27.7 Å². The van der Waals surface area contributed by atoms with Gasteiger partial charge in [-0.15, -0.1) is 0 Å². The summed E-state index contributed by atoms with van der Waals surface area (Å²) in [6.07, 6.45) is 3.29. The third-order valence-corrected chi connectivity index (χ3v) is 9.13. The van der Waals surface area contributed by atoms with Crippen LogP contribution in [-0.4, -0.2) is 136 Å². The van der Waals surface area contributed by atoms with Crippen LogP contribution in [0.3, 0.4) is 0 Å². The number of imidazole rings is 1. The largest absolute Gasteiger partial charge is 0.480 e. The fourth-order valence-corrected chi connectivity index (χ4v) is 5.90. The first-order valence-corrected chi connectivity index (χ1v) is 20.7. The van der Waals surface area contributed by atoms with Crippen LogP contribution in [0.25, 0.3) is 0 Å². The van der Waals surface area contributed by atoms with Gasteiger partial charge in [0.1, 0.15) is 42.3 Å². The maximum Gasteiger partial charge on any atom is 0.325 e. The normalized spacial score (nSPS) is 14.3. The molecule has 1 heterocycles. The summed E-state index contributed by atoms with van der Waals surface area (Å²) in [4.78, 5) is 120. The Hall–Kier alpha value is -6.53. The highest BCUT2D eigenvalue weighted by Gasteiger charge is 2.34. The first kappa shape index (κ1) is 54.5. The second kappa shape index (κ2) is 28.1. The van der Waals surface area contributed by atoms with Crippen LogP contribution >= 0.6 is 0 Å². The molecule has 19 N–H and O–H groups in total. The molecule has 25 heteroatoms. The minimum absolute atomic E-state index is 0.0137. The van der Waals surface area contributed by atoms with E-state index in [4.69, 9.17) is 28.7 Å². The Kier molecular flexibility index (Phi) is 24.3. The number of carbonyl (C=O) groups excluding carboxylic acids is 7. The van der Waals surface area contributed by atoms with Crippen LogP contribution < -0.4 is 65.9 Å². The van der Waals surface area contributed by atoms with Gasteiger partial charge in [0.2, 0.25) is 41.4 Å². The van der Waals surface area contributed by atoms with E-state index in [0.717, 1.165) is 0 Å². The summed E-state index contributed by atoms with van der Waals surface area (Å²) in [5.74, 6) is -7.02. The first-order valence-electron chi connectivity index (χ1n) is 20.7. The van der Waals surface area contributed by atoms with Crippen molar-refractivity contribution in [1.82, 2.24) is 47.2 Å². The van der Waals surface area contributed by atoms with E-state index in [0.29, 0.717) is 5.69 Å². The van der Waals surface area contributed by atoms with E-state index in [1.807, 2.05) is 27.7 Å². The van der Waals surface area contributed by atoms with Gasteiger partial charge in [-0.05, 0) is 64.2 Å².